The highest BCUT2D eigenvalue weighted by atomic mass is 19.4. The largest absolute Gasteiger partial charge is 0.389 e. The van der Waals surface area contributed by atoms with Gasteiger partial charge in [0.05, 0.1) is 0 Å². The molecular weight excluding hydrogens is 181 g/mol. The van der Waals surface area contributed by atoms with Crippen LogP contribution in [0.25, 0.3) is 0 Å². The second-order valence-corrected chi connectivity index (χ2v) is 3.17. The van der Waals surface area contributed by atoms with Crippen LogP contribution in [0, 0.1) is 0 Å². The van der Waals surface area contributed by atoms with Gasteiger partial charge in [-0.3, -0.25) is 11.3 Å². The second kappa shape index (κ2) is 5.24. The van der Waals surface area contributed by atoms with E-state index >= 15 is 0 Å². The minimum Gasteiger partial charge on any atom is -0.271 e. The van der Waals surface area contributed by atoms with E-state index in [4.69, 9.17) is 5.84 Å². The van der Waals surface area contributed by atoms with Gasteiger partial charge in [-0.15, -0.1) is 0 Å². The fraction of sp³-hybridized carbons (Fsp3) is 0.750. The predicted octanol–water partition coefficient (Wildman–Crippen LogP) is 2.13. The Labute approximate surface area is 76.0 Å². The molecule has 1 unspecified atom stereocenters. The lowest BCUT2D eigenvalue weighted by atomic mass is 10.1. The van der Waals surface area contributed by atoms with Crippen LogP contribution in [0.2, 0.25) is 0 Å². The molecule has 0 spiro atoms. The molecule has 0 radical (unpaired) electrons. The molecule has 0 aliphatic rings. The Hall–Kier alpha value is -0.550. The number of alkyl halides is 3. The first kappa shape index (κ1) is 12.4. The monoisotopic (exact) mass is 196 g/mol. The summed E-state index contributed by atoms with van der Waals surface area (Å²) in [6, 6.07) is -0.397. The molecule has 0 rings (SSSR count). The average molecular weight is 196 g/mol. The SMILES string of the molecule is CC(C)=CC(CCC(F)(F)F)NN. The fourth-order valence-electron chi connectivity index (χ4n) is 0.936. The smallest absolute Gasteiger partial charge is 0.271 e. The van der Waals surface area contributed by atoms with Crippen LogP contribution in [0.4, 0.5) is 13.2 Å². The van der Waals surface area contributed by atoms with Gasteiger partial charge in [-0.25, -0.2) is 0 Å². The van der Waals surface area contributed by atoms with Crippen molar-refractivity contribution in [1.29, 1.82) is 0 Å². The van der Waals surface area contributed by atoms with Gasteiger partial charge in [0.1, 0.15) is 0 Å². The first-order chi connectivity index (χ1) is 5.85. The van der Waals surface area contributed by atoms with Gasteiger partial charge < -0.3 is 0 Å². The quantitative estimate of drug-likeness (QED) is 0.410. The highest BCUT2D eigenvalue weighted by Crippen LogP contribution is 2.22. The zero-order chi connectivity index (χ0) is 10.5. The van der Waals surface area contributed by atoms with E-state index in [1.807, 2.05) is 13.8 Å². The van der Waals surface area contributed by atoms with E-state index in [0.717, 1.165) is 5.57 Å². The zero-order valence-corrected chi connectivity index (χ0v) is 7.78. The number of hydrogen-bond acceptors (Lipinski definition) is 2. The molecule has 0 saturated heterocycles. The summed E-state index contributed by atoms with van der Waals surface area (Å²) in [6.45, 7) is 3.63. The molecule has 0 bridgehead atoms. The van der Waals surface area contributed by atoms with Crippen molar-refractivity contribution in [1.82, 2.24) is 5.43 Å². The summed E-state index contributed by atoms with van der Waals surface area (Å²) in [6.07, 6.45) is -3.26. The Balaban J connectivity index is 3.94. The van der Waals surface area contributed by atoms with E-state index in [9.17, 15) is 13.2 Å². The van der Waals surface area contributed by atoms with Gasteiger partial charge in [-0.2, -0.15) is 13.2 Å². The van der Waals surface area contributed by atoms with Crippen molar-refractivity contribution in [2.75, 3.05) is 0 Å². The molecule has 1 atom stereocenters. The second-order valence-electron chi connectivity index (χ2n) is 3.17. The number of allylic oxidation sites excluding steroid dienone is 1. The van der Waals surface area contributed by atoms with Crippen molar-refractivity contribution in [3.63, 3.8) is 0 Å². The molecule has 2 nitrogen and oxygen atoms in total. The van der Waals surface area contributed by atoms with Gasteiger partial charge in [0.15, 0.2) is 0 Å². The number of hydrazine groups is 1. The Bertz CT molecular complexity index is 171. The molecule has 0 aromatic heterocycles. The number of nitrogens with two attached hydrogens (primary N) is 1. The van der Waals surface area contributed by atoms with E-state index in [1.54, 1.807) is 6.08 Å². The van der Waals surface area contributed by atoms with Crippen molar-refractivity contribution in [3.8, 4) is 0 Å². The van der Waals surface area contributed by atoms with Crippen molar-refractivity contribution < 1.29 is 13.2 Å². The minimum atomic E-state index is -4.11. The van der Waals surface area contributed by atoms with Crippen LogP contribution >= 0.6 is 0 Å². The van der Waals surface area contributed by atoms with Crippen molar-refractivity contribution in [2.45, 2.75) is 38.9 Å². The third-order valence-electron chi connectivity index (χ3n) is 1.49. The van der Waals surface area contributed by atoms with Gasteiger partial charge in [-0.1, -0.05) is 11.6 Å². The topological polar surface area (TPSA) is 38.0 Å². The van der Waals surface area contributed by atoms with Gasteiger partial charge in [0.25, 0.3) is 0 Å². The molecule has 13 heavy (non-hydrogen) atoms. The minimum absolute atomic E-state index is 0.0226. The van der Waals surface area contributed by atoms with Crippen LogP contribution in [0.5, 0.6) is 0 Å². The van der Waals surface area contributed by atoms with Crippen LogP contribution < -0.4 is 11.3 Å². The summed E-state index contributed by atoms with van der Waals surface area (Å²) < 4.78 is 35.4. The summed E-state index contributed by atoms with van der Waals surface area (Å²) in [5, 5.41) is 0. The molecule has 3 N–H and O–H groups in total. The maximum absolute atomic E-state index is 11.8. The van der Waals surface area contributed by atoms with E-state index in [0.29, 0.717) is 0 Å². The number of nitrogens with one attached hydrogen (secondary N) is 1. The normalized spacial score (nSPS) is 14.0. The summed E-state index contributed by atoms with van der Waals surface area (Å²) >= 11 is 0. The summed E-state index contributed by atoms with van der Waals surface area (Å²) in [5.41, 5.74) is 3.28. The number of hydrogen-bond donors (Lipinski definition) is 2. The molecule has 0 saturated carbocycles. The molecule has 0 aliphatic heterocycles. The maximum atomic E-state index is 11.8. The highest BCUT2D eigenvalue weighted by molar-refractivity contribution is 5.00. The van der Waals surface area contributed by atoms with Crippen molar-refractivity contribution >= 4 is 0 Å². The van der Waals surface area contributed by atoms with Crippen LogP contribution in [-0.4, -0.2) is 12.2 Å². The van der Waals surface area contributed by atoms with Gasteiger partial charge in [0, 0.05) is 12.5 Å². The highest BCUT2D eigenvalue weighted by Gasteiger charge is 2.27. The van der Waals surface area contributed by atoms with Crippen LogP contribution in [0.3, 0.4) is 0 Å². The molecule has 0 fully saturated rings. The number of rotatable bonds is 4. The van der Waals surface area contributed by atoms with Gasteiger partial charge in [-0.05, 0) is 20.3 Å². The fourth-order valence-corrected chi connectivity index (χ4v) is 0.936. The Morgan fingerprint density at radius 3 is 2.31 bits per heavy atom. The Morgan fingerprint density at radius 1 is 1.46 bits per heavy atom. The van der Waals surface area contributed by atoms with Crippen LogP contribution in [0.1, 0.15) is 26.7 Å². The standard InChI is InChI=1S/C8H15F3N2/c1-6(2)5-7(13-12)3-4-8(9,10)11/h5,7,13H,3-4,12H2,1-2H3. The van der Waals surface area contributed by atoms with E-state index in [2.05, 4.69) is 5.43 Å². The molecule has 0 aromatic carbocycles. The molecule has 0 aliphatic carbocycles. The van der Waals surface area contributed by atoms with Crippen LogP contribution in [0.15, 0.2) is 11.6 Å². The summed E-state index contributed by atoms with van der Waals surface area (Å²) in [4.78, 5) is 0. The Morgan fingerprint density at radius 2 is 2.00 bits per heavy atom. The van der Waals surface area contributed by atoms with Crippen molar-refractivity contribution in [2.24, 2.45) is 5.84 Å². The molecule has 0 amide bonds. The lowest BCUT2D eigenvalue weighted by Crippen LogP contribution is -2.34. The first-order valence-electron chi connectivity index (χ1n) is 4.03. The van der Waals surface area contributed by atoms with Gasteiger partial charge in [0.2, 0.25) is 0 Å². The lowest BCUT2D eigenvalue weighted by Gasteiger charge is -2.13. The maximum Gasteiger partial charge on any atom is 0.389 e. The van der Waals surface area contributed by atoms with Gasteiger partial charge >= 0.3 is 6.18 Å². The molecule has 0 heterocycles. The van der Waals surface area contributed by atoms with E-state index in [1.165, 1.54) is 0 Å². The van der Waals surface area contributed by atoms with E-state index in [-0.39, 0.29) is 6.42 Å². The first-order valence-corrected chi connectivity index (χ1v) is 4.03. The lowest BCUT2D eigenvalue weighted by molar-refractivity contribution is -0.136. The summed E-state index contributed by atoms with van der Waals surface area (Å²) in [7, 11) is 0. The average Bonchev–Trinajstić information content (AvgIpc) is 1.95. The third-order valence-corrected chi connectivity index (χ3v) is 1.49. The number of halogens is 3. The third kappa shape index (κ3) is 7.80. The predicted molar refractivity (Wildman–Crippen MR) is 45.8 cm³/mol. The Kier molecular flexibility index (Phi) is 5.02. The molecule has 78 valence electrons. The molecule has 5 heteroatoms. The van der Waals surface area contributed by atoms with E-state index < -0.39 is 18.6 Å². The van der Waals surface area contributed by atoms with Crippen LogP contribution in [-0.2, 0) is 0 Å². The summed E-state index contributed by atoms with van der Waals surface area (Å²) in [5.74, 6) is 5.09. The zero-order valence-electron chi connectivity index (χ0n) is 7.78. The van der Waals surface area contributed by atoms with Crippen molar-refractivity contribution in [3.05, 3.63) is 11.6 Å². The molecular formula is C8H15F3N2. The molecule has 0 aromatic rings.